The monoisotopic (exact) mass is 192 g/mol. The van der Waals surface area contributed by atoms with Gasteiger partial charge in [0.05, 0.1) is 0 Å². The van der Waals surface area contributed by atoms with Crippen LogP contribution in [-0.4, -0.2) is 21.9 Å². The average molecular weight is 192 g/mol. The number of carbonyl (C=O) groups is 2. The summed E-state index contributed by atoms with van der Waals surface area (Å²) < 4.78 is 0. The molecule has 0 saturated carbocycles. The summed E-state index contributed by atoms with van der Waals surface area (Å²) in [6.45, 7) is 3.20. The highest BCUT2D eigenvalue weighted by molar-refractivity contribution is 6.04. The fourth-order valence-corrected chi connectivity index (χ4v) is 0.675. The largest absolute Gasteiger partial charge is 0.327 e. The first-order valence-electron chi connectivity index (χ1n) is 3.73. The Morgan fingerprint density at radius 3 is 2.86 bits per heavy atom. The van der Waals surface area contributed by atoms with E-state index in [9.17, 15) is 9.59 Å². The minimum atomic E-state index is -0.659. The first-order valence-corrected chi connectivity index (χ1v) is 3.73. The molecule has 0 radical (unpaired) electrons. The molecule has 0 atom stereocenters. The Morgan fingerprint density at radius 1 is 1.50 bits per heavy atom. The van der Waals surface area contributed by atoms with Crippen LogP contribution in [0.2, 0.25) is 0 Å². The van der Waals surface area contributed by atoms with Crippen molar-refractivity contribution in [2.75, 3.05) is 5.32 Å². The third-order valence-corrected chi connectivity index (χ3v) is 1.25. The van der Waals surface area contributed by atoms with Crippen molar-refractivity contribution < 1.29 is 9.59 Å². The van der Waals surface area contributed by atoms with Crippen LogP contribution in [0.15, 0.2) is 31.2 Å². The minimum Gasteiger partial charge on any atom is -0.292 e. The van der Waals surface area contributed by atoms with Crippen molar-refractivity contribution in [1.82, 2.24) is 15.3 Å². The van der Waals surface area contributed by atoms with Crippen molar-refractivity contribution >= 4 is 17.8 Å². The van der Waals surface area contributed by atoms with E-state index in [-0.39, 0.29) is 0 Å². The molecule has 0 aliphatic rings. The number of urea groups is 1. The van der Waals surface area contributed by atoms with Crippen LogP contribution in [0.4, 0.5) is 10.6 Å². The number of anilines is 1. The first kappa shape index (κ1) is 9.85. The normalized spacial score (nSPS) is 8.86. The topological polar surface area (TPSA) is 84.0 Å². The Labute approximate surface area is 80.1 Å². The molecule has 0 unspecified atom stereocenters. The molecule has 1 aromatic heterocycles. The zero-order valence-corrected chi connectivity index (χ0v) is 7.23. The summed E-state index contributed by atoms with van der Waals surface area (Å²) in [6.07, 6.45) is 3.75. The second-order valence-corrected chi connectivity index (χ2v) is 2.24. The molecule has 0 spiro atoms. The molecule has 0 bridgehead atoms. The summed E-state index contributed by atoms with van der Waals surface area (Å²) in [5, 5.41) is 4.35. The molecule has 1 aromatic rings. The van der Waals surface area contributed by atoms with Gasteiger partial charge in [0.2, 0.25) is 0 Å². The summed E-state index contributed by atoms with van der Waals surface area (Å²) in [7, 11) is 0. The number of nitrogens with zero attached hydrogens (tertiary/aromatic N) is 2. The molecule has 1 heterocycles. The molecule has 3 amide bonds. The van der Waals surface area contributed by atoms with Crippen LogP contribution in [0.25, 0.3) is 0 Å². The fraction of sp³-hybridized carbons (Fsp3) is 0. The van der Waals surface area contributed by atoms with Crippen LogP contribution in [0.1, 0.15) is 0 Å². The van der Waals surface area contributed by atoms with Gasteiger partial charge in [-0.05, 0) is 12.1 Å². The Morgan fingerprint density at radius 2 is 2.29 bits per heavy atom. The molecular formula is C8H8N4O2. The molecule has 2 N–H and O–H groups in total. The van der Waals surface area contributed by atoms with E-state index in [1.807, 2.05) is 5.32 Å². The smallest absolute Gasteiger partial charge is 0.292 e. The van der Waals surface area contributed by atoms with Gasteiger partial charge >= 0.3 is 6.03 Å². The lowest BCUT2D eigenvalue weighted by Gasteiger charge is -2.02. The van der Waals surface area contributed by atoms with Crippen LogP contribution in [0.5, 0.6) is 0 Å². The Bertz CT molecular complexity index is 350. The average Bonchev–Trinajstić information content (AvgIpc) is 2.19. The van der Waals surface area contributed by atoms with Gasteiger partial charge in [-0.15, -0.1) is 0 Å². The van der Waals surface area contributed by atoms with Gasteiger partial charge in [-0.3, -0.25) is 15.4 Å². The van der Waals surface area contributed by atoms with Crippen molar-refractivity contribution in [2.24, 2.45) is 0 Å². The summed E-state index contributed by atoms with van der Waals surface area (Å²) >= 11 is 0. The van der Waals surface area contributed by atoms with Gasteiger partial charge in [0.25, 0.3) is 5.91 Å². The molecular weight excluding hydrogens is 184 g/mol. The zero-order chi connectivity index (χ0) is 10.4. The zero-order valence-electron chi connectivity index (χ0n) is 7.23. The van der Waals surface area contributed by atoms with Crippen LogP contribution < -0.4 is 10.6 Å². The lowest BCUT2D eigenvalue weighted by atomic mass is 10.5. The van der Waals surface area contributed by atoms with E-state index in [2.05, 4.69) is 21.9 Å². The second kappa shape index (κ2) is 4.70. The molecule has 1 rings (SSSR count). The summed E-state index contributed by atoms with van der Waals surface area (Å²) in [4.78, 5) is 29.1. The van der Waals surface area contributed by atoms with E-state index in [1.165, 1.54) is 18.6 Å². The SMILES string of the molecule is C=CC(=O)NC(=O)Nc1ccncn1. The number of carbonyl (C=O) groups excluding carboxylic acids is 2. The van der Waals surface area contributed by atoms with Crippen LogP contribution in [-0.2, 0) is 4.79 Å². The van der Waals surface area contributed by atoms with Gasteiger partial charge in [-0.25, -0.2) is 14.8 Å². The minimum absolute atomic E-state index is 0.314. The Kier molecular flexibility index (Phi) is 3.31. The highest BCUT2D eigenvalue weighted by atomic mass is 16.2. The van der Waals surface area contributed by atoms with E-state index in [0.29, 0.717) is 5.82 Å². The maximum atomic E-state index is 11.0. The van der Waals surface area contributed by atoms with E-state index >= 15 is 0 Å². The van der Waals surface area contributed by atoms with Crippen LogP contribution in [0, 0.1) is 0 Å². The third-order valence-electron chi connectivity index (χ3n) is 1.25. The number of imide groups is 1. The number of amides is 3. The number of rotatable bonds is 2. The second-order valence-electron chi connectivity index (χ2n) is 2.24. The molecule has 0 saturated heterocycles. The third kappa shape index (κ3) is 3.02. The van der Waals surface area contributed by atoms with Gasteiger partial charge in [-0.1, -0.05) is 6.58 Å². The molecule has 6 nitrogen and oxygen atoms in total. The van der Waals surface area contributed by atoms with Crippen molar-refractivity contribution in [3.63, 3.8) is 0 Å². The Balaban J connectivity index is 2.50. The molecule has 6 heteroatoms. The van der Waals surface area contributed by atoms with Crippen LogP contribution in [0.3, 0.4) is 0 Å². The number of hydrogen-bond acceptors (Lipinski definition) is 4. The van der Waals surface area contributed by atoms with Crippen LogP contribution >= 0.6 is 0 Å². The standard InChI is InChI=1S/C8H8N4O2/c1-2-7(13)12-8(14)11-6-3-4-9-5-10-6/h2-5H,1H2,(H2,9,10,11,12,13,14). The lowest BCUT2D eigenvalue weighted by molar-refractivity contribution is -0.115. The van der Waals surface area contributed by atoms with Gasteiger partial charge in [0.15, 0.2) is 0 Å². The van der Waals surface area contributed by atoms with E-state index < -0.39 is 11.9 Å². The molecule has 0 aliphatic heterocycles. The first-order chi connectivity index (χ1) is 6.72. The van der Waals surface area contributed by atoms with E-state index in [0.717, 1.165) is 6.08 Å². The molecule has 72 valence electrons. The summed E-state index contributed by atoms with van der Waals surface area (Å²) in [5.41, 5.74) is 0. The maximum absolute atomic E-state index is 11.0. The molecule has 14 heavy (non-hydrogen) atoms. The van der Waals surface area contributed by atoms with E-state index in [1.54, 1.807) is 0 Å². The number of hydrogen-bond donors (Lipinski definition) is 2. The van der Waals surface area contributed by atoms with E-state index in [4.69, 9.17) is 0 Å². The predicted molar refractivity (Wildman–Crippen MR) is 49.4 cm³/mol. The molecule has 0 fully saturated rings. The fourth-order valence-electron chi connectivity index (χ4n) is 0.675. The maximum Gasteiger partial charge on any atom is 0.327 e. The van der Waals surface area contributed by atoms with Gasteiger partial charge in [0.1, 0.15) is 12.1 Å². The van der Waals surface area contributed by atoms with Crippen molar-refractivity contribution in [2.45, 2.75) is 0 Å². The van der Waals surface area contributed by atoms with Gasteiger partial charge < -0.3 is 0 Å². The van der Waals surface area contributed by atoms with Crippen molar-refractivity contribution in [3.8, 4) is 0 Å². The van der Waals surface area contributed by atoms with Gasteiger partial charge in [0, 0.05) is 6.20 Å². The summed E-state index contributed by atoms with van der Waals surface area (Å²) in [5.74, 6) is -0.258. The Hall–Kier alpha value is -2.24. The highest BCUT2D eigenvalue weighted by Crippen LogP contribution is 1.96. The van der Waals surface area contributed by atoms with Crippen molar-refractivity contribution in [1.29, 1.82) is 0 Å². The highest BCUT2D eigenvalue weighted by Gasteiger charge is 2.04. The van der Waals surface area contributed by atoms with Crippen molar-refractivity contribution in [3.05, 3.63) is 31.2 Å². The lowest BCUT2D eigenvalue weighted by Crippen LogP contribution is -2.33. The summed E-state index contributed by atoms with van der Waals surface area (Å²) in [6, 6.07) is 0.839. The number of aromatic nitrogens is 2. The quantitative estimate of drug-likeness (QED) is 0.660. The predicted octanol–water partition coefficient (Wildman–Crippen LogP) is 0.311. The molecule has 0 aromatic carbocycles. The van der Waals surface area contributed by atoms with Gasteiger partial charge in [-0.2, -0.15) is 0 Å². The molecule has 0 aliphatic carbocycles. The number of nitrogens with one attached hydrogen (secondary N) is 2.